The van der Waals surface area contributed by atoms with E-state index in [0.717, 1.165) is 18.4 Å². The Balaban J connectivity index is 1.97. The first-order chi connectivity index (χ1) is 11.6. The number of benzene rings is 1. The molecule has 0 aliphatic heterocycles. The van der Waals surface area contributed by atoms with Crippen molar-refractivity contribution in [3.63, 3.8) is 0 Å². The van der Waals surface area contributed by atoms with Crippen molar-refractivity contribution >= 4 is 11.9 Å². The van der Waals surface area contributed by atoms with Gasteiger partial charge in [0.2, 0.25) is 0 Å². The third-order valence-corrected chi connectivity index (χ3v) is 3.68. The Labute approximate surface area is 140 Å². The Morgan fingerprint density at radius 3 is 2.71 bits per heavy atom. The predicted molar refractivity (Wildman–Crippen MR) is 88.7 cm³/mol. The summed E-state index contributed by atoms with van der Waals surface area (Å²) in [6.07, 6.45) is 3.69. The van der Waals surface area contributed by atoms with Gasteiger partial charge < -0.3 is 19.6 Å². The highest BCUT2D eigenvalue weighted by Crippen LogP contribution is 2.21. The average Bonchev–Trinajstić information content (AvgIpc) is 3.03. The summed E-state index contributed by atoms with van der Waals surface area (Å²) in [5.41, 5.74) is 1.57. The van der Waals surface area contributed by atoms with Gasteiger partial charge in [-0.05, 0) is 36.6 Å². The second-order valence-electron chi connectivity index (χ2n) is 5.35. The highest BCUT2D eigenvalue weighted by atomic mass is 16.5. The number of carboxylic acids is 1. The number of carboxylic acid groups (broad SMARTS) is 1. The standard InChI is InChI=1S/C18H21NO5/c1-3-4-15-14(8-10-24-15)17(20)19-9-7-12-5-6-13(18(21)22)11-16(12)23-2/h5-6,8,10-11H,3-4,7,9H2,1-2H3,(H,19,20)(H,21,22). The number of rotatable bonds is 8. The summed E-state index contributed by atoms with van der Waals surface area (Å²) in [5, 5.41) is 11.8. The van der Waals surface area contributed by atoms with Gasteiger partial charge in [0, 0.05) is 13.0 Å². The molecule has 1 aromatic carbocycles. The summed E-state index contributed by atoms with van der Waals surface area (Å²) in [4.78, 5) is 23.2. The van der Waals surface area contributed by atoms with Crippen molar-refractivity contribution in [2.45, 2.75) is 26.2 Å². The molecule has 0 aliphatic rings. The number of nitrogens with one attached hydrogen (secondary N) is 1. The number of furan rings is 1. The SMILES string of the molecule is CCCc1occc1C(=O)NCCc1ccc(C(=O)O)cc1OC. The Morgan fingerprint density at radius 1 is 1.25 bits per heavy atom. The summed E-state index contributed by atoms with van der Waals surface area (Å²) in [6.45, 7) is 2.44. The van der Waals surface area contributed by atoms with Crippen LogP contribution in [-0.2, 0) is 12.8 Å². The molecule has 0 radical (unpaired) electrons. The van der Waals surface area contributed by atoms with E-state index in [1.54, 1.807) is 12.1 Å². The lowest BCUT2D eigenvalue weighted by molar-refractivity contribution is 0.0696. The van der Waals surface area contributed by atoms with E-state index in [2.05, 4.69) is 5.32 Å². The molecule has 1 amide bonds. The number of ether oxygens (including phenoxy) is 1. The molecule has 0 atom stereocenters. The van der Waals surface area contributed by atoms with Crippen molar-refractivity contribution in [1.29, 1.82) is 0 Å². The van der Waals surface area contributed by atoms with Crippen molar-refractivity contribution in [1.82, 2.24) is 5.32 Å². The molecule has 6 nitrogen and oxygen atoms in total. The minimum Gasteiger partial charge on any atom is -0.496 e. The van der Waals surface area contributed by atoms with Gasteiger partial charge >= 0.3 is 5.97 Å². The molecule has 0 saturated heterocycles. The van der Waals surface area contributed by atoms with Crippen molar-refractivity contribution in [2.24, 2.45) is 0 Å². The number of hydrogen-bond donors (Lipinski definition) is 2. The number of carbonyl (C=O) groups excluding carboxylic acids is 1. The van der Waals surface area contributed by atoms with Crippen LogP contribution in [0, 0.1) is 0 Å². The molecule has 0 aliphatic carbocycles. The van der Waals surface area contributed by atoms with Crippen molar-refractivity contribution in [3.8, 4) is 5.75 Å². The number of carbonyl (C=O) groups is 2. The van der Waals surface area contributed by atoms with E-state index < -0.39 is 5.97 Å². The Hall–Kier alpha value is -2.76. The van der Waals surface area contributed by atoms with Gasteiger partial charge in [0.1, 0.15) is 11.5 Å². The molecular weight excluding hydrogens is 310 g/mol. The average molecular weight is 331 g/mol. The van der Waals surface area contributed by atoms with Crippen LogP contribution in [-0.4, -0.2) is 30.6 Å². The molecule has 0 unspecified atom stereocenters. The van der Waals surface area contributed by atoms with Gasteiger partial charge in [0.25, 0.3) is 5.91 Å². The van der Waals surface area contributed by atoms with Crippen LogP contribution in [0.5, 0.6) is 5.75 Å². The van der Waals surface area contributed by atoms with Crippen LogP contribution < -0.4 is 10.1 Å². The van der Waals surface area contributed by atoms with Crippen LogP contribution in [0.15, 0.2) is 34.9 Å². The lowest BCUT2D eigenvalue weighted by atomic mass is 10.1. The van der Waals surface area contributed by atoms with Crippen molar-refractivity contribution < 1.29 is 23.8 Å². The van der Waals surface area contributed by atoms with E-state index in [9.17, 15) is 9.59 Å². The number of aromatic carboxylic acids is 1. The molecule has 1 aromatic heterocycles. The summed E-state index contributed by atoms with van der Waals surface area (Å²) >= 11 is 0. The van der Waals surface area contributed by atoms with Gasteiger partial charge in [-0.2, -0.15) is 0 Å². The fraction of sp³-hybridized carbons (Fsp3) is 0.333. The monoisotopic (exact) mass is 331 g/mol. The number of aryl methyl sites for hydroxylation is 1. The molecule has 6 heteroatoms. The van der Waals surface area contributed by atoms with Crippen LogP contribution in [0.25, 0.3) is 0 Å². The zero-order valence-corrected chi connectivity index (χ0v) is 13.8. The lowest BCUT2D eigenvalue weighted by Gasteiger charge is -2.10. The molecule has 0 fully saturated rings. The predicted octanol–water partition coefficient (Wildman–Crippen LogP) is 2.91. The Bertz CT molecular complexity index is 720. The van der Waals surface area contributed by atoms with E-state index in [1.807, 2.05) is 6.92 Å². The molecular formula is C18H21NO5. The Kier molecular flexibility index (Phi) is 6.01. The molecule has 2 N–H and O–H groups in total. The van der Waals surface area contributed by atoms with Crippen LogP contribution in [0.1, 0.15) is 45.4 Å². The fourth-order valence-electron chi connectivity index (χ4n) is 2.45. The fourth-order valence-corrected chi connectivity index (χ4v) is 2.45. The quantitative estimate of drug-likeness (QED) is 0.776. The van der Waals surface area contributed by atoms with Gasteiger partial charge in [-0.25, -0.2) is 4.79 Å². The smallest absolute Gasteiger partial charge is 0.335 e. The number of methoxy groups -OCH3 is 1. The van der Waals surface area contributed by atoms with E-state index >= 15 is 0 Å². The van der Waals surface area contributed by atoms with Gasteiger partial charge in [-0.15, -0.1) is 0 Å². The number of amides is 1. The maximum Gasteiger partial charge on any atom is 0.335 e. The highest BCUT2D eigenvalue weighted by molar-refractivity contribution is 5.95. The minimum absolute atomic E-state index is 0.169. The summed E-state index contributed by atoms with van der Waals surface area (Å²) in [5.74, 6) is 0.0161. The van der Waals surface area contributed by atoms with Crippen molar-refractivity contribution in [3.05, 3.63) is 53.0 Å². The molecule has 0 spiro atoms. The highest BCUT2D eigenvalue weighted by Gasteiger charge is 2.14. The maximum absolute atomic E-state index is 12.2. The first-order valence-electron chi connectivity index (χ1n) is 7.81. The summed E-state index contributed by atoms with van der Waals surface area (Å²) in [6, 6.07) is 6.38. The van der Waals surface area contributed by atoms with Crippen LogP contribution >= 0.6 is 0 Å². The molecule has 2 aromatic rings. The van der Waals surface area contributed by atoms with Gasteiger partial charge in [0.15, 0.2) is 0 Å². The third kappa shape index (κ3) is 4.16. The second-order valence-corrected chi connectivity index (χ2v) is 5.35. The van der Waals surface area contributed by atoms with E-state index in [4.69, 9.17) is 14.3 Å². The topological polar surface area (TPSA) is 88.8 Å². The van der Waals surface area contributed by atoms with Crippen LogP contribution in [0.3, 0.4) is 0 Å². The van der Waals surface area contributed by atoms with Gasteiger partial charge in [-0.1, -0.05) is 13.0 Å². The van der Waals surface area contributed by atoms with E-state index in [0.29, 0.717) is 30.0 Å². The van der Waals surface area contributed by atoms with Crippen LogP contribution in [0.2, 0.25) is 0 Å². The first-order valence-corrected chi connectivity index (χ1v) is 7.81. The molecule has 0 bridgehead atoms. The second kappa shape index (κ2) is 8.19. The largest absolute Gasteiger partial charge is 0.496 e. The lowest BCUT2D eigenvalue weighted by Crippen LogP contribution is -2.26. The molecule has 24 heavy (non-hydrogen) atoms. The molecule has 0 saturated carbocycles. The summed E-state index contributed by atoms with van der Waals surface area (Å²) in [7, 11) is 1.49. The minimum atomic E-state index is -1.00. The third-order valence-electron chi connectivity index (χ3n) is 3.68. The van der Waals surface area contributed by atoms with Gasteiger partial charge in [-0.3, -0.25) is 4.79 Å². The van der Waals surface area contributed by atoms with Crippen molar-refractivity contribution in [2.75, 3.05) is 13.7 Å². The zero-order valence-electron chi connectivity index (χ0n) is 13.8. The molecule has 1 heterocycles. The molecule has 2 rings (SSSR count). The Morgan fingerprint density at radius 2 is 2.04 bits per heavy atom. The number of hydrogen-bond acceptors (Lipinski definition) is 4. The summed E-state index contributed by atoms with van der Waals surface area (Å²) < 4.78 is 10.6. The van der Waals surface area contributed by atoms with E-state index in [1.165, 1.54) is 25.5 Å². The molecule has 128 valence electrons. The normalized spacial score (nSPS) is 10.4. The van der Waals surface area contributed by atoms with Gasteiger partial charge in [0.05, 0.1) is 24.5 Å². The maximum atomic E-state index is 12.2. The first kappa shape index (κ1) is 17.6. The van der Waals surface area contributed by atoms with E-state index in [-0.39, 0.29) is 11.5 Å². The zero-order chi connectivity index (χ0) is 17.5. The van der Waals surface area contributed by atoms with Crippen LogP contribution in [0.4, 0.5) is 0 Å².